The number of likely N-dealkylation sites (tertiary alicyclic amines) is 1. The third-order valence-corrected chi connectivity index (χ3v) is 4.67. The number of nitrogens with one attached hydrogen (secondary N) is 1. The molecule has 1 heterocycles. The van der Waals surface area contributed by atoms with Gasteiger partial charge in [-0.3, -0.25) is 4.90 Å². The maximum absolute atomic E-state index is 12.2. The molecule has 4 heteroatoms. The van der Waals surface area contributed by atoms with Crippen molar-refractivity contribution in [2.45, 2.75) is 26.4 Å². The van der Waals surface area contributed by atoms with E-state index in [0.29, 0.717) is 18.4 Å². The molecule has 0 spiro atoms. The number of nitrogens with zero attached hydrogens (tertiary/aromatic N) is 2. The van der Waals surface area contributed by atoms with Gasteiger partial charge < -0.3 is 10.2 Å². The first-order valence-electron chi connectivity index (χ1n) is 8.40. The van der Waals surface area contributed by atoms with Gasteiger partial charge in [-0.15, -0.1) is 6.58 Å². The van der Waals surface area contributed by atoms with Crippen LogP contribution in [0.1, 0.15) is 19.4 Å². The monoisotopic (exact) mass is 315 g/mol. The Morgan fingerprint density at radius 3 is 2.48 bits per heavy atom. The van der Waals surface area contributed by atoms with Crippen LogP contribution in [0.4, 0.5) is 4.79 Å². The van der Waals surface area contributed by atoms with Gasteiger partial charge in [0.1, 0.15) is 0 Å². The molecule has 2 rings (SSSR count). The number of rotatable bonds is 5. The second-order valence-corrected chi connectivity index (χ2v) is 6.71. The number of carbonyl (C=O) groups is 1. The summed E-state index contributed by atoms with van der Waals surface area (Å²) < 4.78 is 0. The number of amides is 2. The minimum absolute atomic E-state index is 0.00916. The predicted molar refractivity (Wildman–Crippen MR) is 95.2 cm³/mol. The highest BCUT2D eigenvalue weighted by Crippen LogP contribution is 2.27. The van der Waals surface area contributed by atoms with Crippen LogP contribution >= 0.6 is 0 Å². The Labute approximate surface area is 140 Å². The molecule has 1 aliphatic rings. The minimum atomic E-state index is -0.00916. The van der Waals surface area contributed by atoms with Gasteiger partial charge >= 0.3 is 6.03 Å². The number of piperidine rings is 1. The molecule has 23 heavy (non-hydrogen) atoms. The highest BCUT2D eigenvalue weighted by Gasteiger charge is 2.36. The summed E-state index contributed by atoms with van der Waals surface area (Å²) >= 11 is 0. The molecular formula is C19H29N3O. The van der Waals surface area contributed by atoms with Crippen molar-refractivity contribution in [2.24, 2.45) is 11.8 Å². The van der Waals surface area contributed by atoms with Gasteiger partial charge in [-0.25, -0.2) is 4.79 Å². The van der Waals surface area contributed by atoms with Gasteiger partial charge in [-0.1, -0.05) is 50.3 Å². The van der Waals surface area contributed by atoms with E-state index < -0.39 is 0 Å². The van der Waals surface area contributed by atoms with E-state index in [1.807, 2.05) is 11.9 Å². The van der Waals surface area contributed by atoms with E-state index in [0.717, 1.165) is 19.6 Å². The lowest BCUT2D eigenvalue weighted by Gasteiger charge is -2.45. The van der Waals surface area contributed by atoms with Crippen LogP contribution in [0.3, 0.4) is 0 Å². The minimum Gasteiger partial charge on any atom is -0.335 e. The number of hydrogen-bond acceptors (Lipinski definition) is 2. The summed E-state index contributed by atoms with van der Waals surface area (Å²) in [5.41, 5.74) is 1.35. The first-order valence-corrected chi connectivity index (χ1v) is 8.40. The molecule has 126 valence electrons. The standard InChI is InChI=1S/C19H29N3O/c1-5-11-20-19(23)21(4)18-15(2)12-22(13-16(18)3)14-17-9-7-6-8-10-17/h5-10,15-16,18H,1,11-14H2,2-4H3,(H,20,23)/t15-,16+,18?. The highest BCUT2D eigenvalue weighted by molar-refractivity contribution is 5.74. The van der Waals surface area contributed by atoms with Crippen molar-refractivity contribution < 1.29 is 4.79 Å². The van der Waals surface area contributed by atoms with E-state index >= 15 is 0 Å². The molecular weight excluding hydrogens is 286 g/mol. The lowest BCUT2D eigenvalue weighted by molar-refractivity contribution is 0.0482. The number of carbonyl (C=O) groups excluding carboxylic acids is 1. The summed E-state index contributed by atoms with van der Waals surface area (Å²) in [5, 5.41) is 2.88. The fraction of sp³-hybridized carbons (Fsp3) is 0.526. The summed E-state index contributed by atoms with van der Waals surface area (Å²) in [5.74, 6) is 0.892. The van der Waals surface area contributed by atoms with E-state index in [-0.39, 0.29) is 12.1 Å². The molecule has 1 N–H and O–H groups in total. The Bertz CT molecular complexity index is 505. The zero-order valence-corrected chi connectivity index (χ0v) is 14.5. The zero-order chi connectivity index (χ0) is 16.8. The molecule has 1 unspecified atom stereocenters. The van der Waals surface area contributed by atoms with Crippen molar-refractivity contribution in [3.05, 3.63) is 48.6 Å². The normalized spacial score (nSPS) is 24.9. The van der Waals surface area contributed by atoms with Crippen LogP contribution in [-0.4, -0.2) is 48.6 Å². The highest BCUT2D eigenvalue weighted by atomic mass is 16.2. The third kappa shape index (κ3) is 4.58. The van der Waals surface area contributed by atoms with Crippen LogP contribution in [0.25, 0.3) is 0 Å². The van der Waals surface area contributed by atoms with Gasteiger partial charge in [0.25, 0.3) is 0 Å². The van der Waals surface area contributed by atoms with Gasteiger partial charge in [0, 0.05) is 39.3 Å². The maximum atomic E-state index is 12.2. The van der Waals surface area contributed by atoms with Crippen LogP contribution < -0.4 is 5.32 Å². The molecule has 0 saturated carbocycles. The fourth-order valence-electron chi connectivity index (χ4n) is 3.82. The SMILES string of the molecule is C=CCNC(=O)N(C)C1[C@H](C)CN(Cc2ccccc2)C[C@@H]1C. The van der Waals surface area contributed by atoms with Crippen LogP contribution in [-0.2, 0) is 6.54 Å². The topological polar surface area (TPSA) is 35.6 Å². The lowest BCUT2D eigenvalue weighted by atomic mass is 9.84. The molecule has 1 aromatic carbocycles. The molecule has 3 atom stereocenters. The van der Waals surface area contributed by atoms with Gasteiger partial charge in [0.15, 0.2) is 0 Å². The molecule has 1 saturated heterocycles. The van der Waals surface area contributed by atoms with Crippen molar-refractivity contribution in [3.63, 3.8) is 0 Å². The van der Waals surface area contributed by atoms with Crippen LogP contribution in [0.2, 0.25) is 0 Å². The molecule has 1 aliphatic heterocycles. The zero-order valence-electron chi connectivity index (χ0n) is 14.5. The molecule has 0 bridgehead atoms. The molecule has 0 aliphatic carbocycles. The summed E-state index contributed by atoms with van der Waals surface area (Å²) in [4.78, 5) is 16.6. The lowest BCUT2D eigenvalue weighted by Crippen LogP contribution is -2.56. The Morgan fingerprint density at radius 1 is 1.30 bits per heavy atom. The second-order valence-electron chi connectivity index (χ2n) is 6.71. The predicted octanol–water partition coefficient (Wildman–Crippen LogP) is 2.97. The quantitative estimate of drug-likeness (QED) is 0.848. The summed E-state index contributed by atoms with van der Waals surface area (Å²) in [6.07, 6.45) is 1.71. The van der Waals surface area contributed by atoms with Crippen molar-refractivity contribution in [1.29, 1.82) is 0 Å². The summed E-state index contributed by atoms with van der Waals surface area (Å²) in [7, 11) is 1.91. The number of benzene rings is 1. The first kappa shape index (κ1) is 17.5. The fourth-order valence-corrected chi connectivity index (χ4v) is 3.82. The van der Waals surface area contributed by atoms with E-state index in [9.17, 15) is 4.79 Å². The summed E-state index contributed by atoms with van der Waals surface area (Å²) in [6.45, 7) is 11.7. The van der Waals surface area contributed by atoms with Crippen LogP contribution in [0.5, 0.6) is 0 Å². The van der Waals surface area contributed by atoms with E-state index in [2.05, 4.69) is 61.0 Å². The Morgan fingerprint density at radius 2 is 1.91 bits per heavy atom. The van der Waals surface area contributed by atoms with E-state index in [1.165, 1.54) is 5.56 Å². The second kappa shape index (κ2) is 8.16. The van der Waals surface area contributed by atoms with Gasteiger partial charge in [-0.2, -0.15) is 0 Å². The molecule has 4 nitrogen and oxygen atoms in total. The van der Waals surface area contributed by atoms with E-state index in [4.69, 9.17) is 0 Å². The first-order chi connectivity index (χ1) is 11.0. The Kier molecular flexibility index (Phi) is 6.22. The average Bonchev–Trinajstić information content (AvgIpc) is 2.52. The Balaban J connectivity index is 1.96. The van der Waals surface area contributed by atoms with Gasteiger partial charge in [0.2, 0.25) is 0 Å². The number of urea groups is 1. The van der Waals surface area contributed by atoms with Crippen molar-refractivity contribution >= 4 is 6.03 Å². The molecule has 1 aromatic rings. The van der Waals surface area contributed by atoms with Gasteiger partial charge in [-0.05, 0) is 17.4 Å². The Hall–Kier alpha value is -1.81. The van der Waals surface area contributed by atoms with Crippen LogP contribution in [0, 0.1) is 11.8 Å². The molecule has 2 amide bonds. The molecule has 0 radical (unpaired) electrons. The smallest absolute Gasteiger partial charge is 0.317 e. The van der Waals surface area contributed by atoms with Crippen molar-refractivity contribution in [3.8, 4) is 0 Å². The van der Waals surface area contributed by atoms with Crippen LogP contribution in [0.15, 0.2) is 43.0 Å². The number of hydrogen-bond donors (Lipinski definition) is 1. The molecule has 1 fully saturated rings. The molecule has 0 aromatic heterocycles. The van der Waals surface area contributed by atoms with Crippen molar-refractivity contribution in [1.82, 2.24) is 15.1 Å². The maximum Gasteiger partial charge on any atom is 0.317 e. The summed E-state index contributed by atoms with van der Waals surface area (Å²) in [6, 6.07) is 10.8. The third-order valence-electron chi connectivity index (χ3n) is 4.67. The van der Waals surface area contributed by atoms with Gasteiger partial charge in [0.05, 0.1) is 0 Å². The average molecular weight is 315 g/mol. The van der Waals surface area contributed by atoms with E-state index in [1.54, 1.807) is 6.08 Å². The van der Waals surface area contributed by atoms with Crippen molar-refractivity contribution in [2.75, 3.05) is 26.7 Å². The largest absolute Gasteiger partial charge is 0.335 e.